The van der Waals surface area contributed by atoms with Crippen LogP contribution in [0.1, 0.15) is 33.1 Å². The minimum absolute atomic E-state index is 0.145. The molecule has 1 aromatic carbocycles. The first kappa shape index (κ1) is 17.8. The Bertz CT molecular complexity index is 440. The summed E-state index contributed by atoms with van der Waals surface area (Å²) in [6, 6.07) is 12.3. The van der Waals surface area contributed by atoms with Gasteiger partial charge in [0.05, 0.1) is 5.60 Å². The molecule has 0 saturated carbocycles. The highest BCUT2D eigenvalue weighted by Crippen LogP contribution is 2.23. The van der Waals surface area contributed by atoms with Gasteiger partial charge in [-0.15, -0.1) is 0 Å². The first-order chi connectivity index (χ1) is 11.0. The standard InChI is InChI=1S/C12H22N2O3.C6H6/c1-12(2,16)7-10-4-6-14(11(15)17-10)9-3-5-13-8-9;1-2-4-6-5-3-1/h9-10,13,16H,3-8H2,1-2H3;1-6H. The SMILES string of the molecule is CC(C)(O)CC1CCN(C2CCNC2)C(=O)O1.c1ccccc1. The summed E-state index contributed by atoms with van der Waals surface area (Å²) >= 11 is 0. The van der Waals surface area contributed by atoms with Crippen molar-refractivity contribution in [3.05, 3.63) is 36.4 Å². The third-order valence-corrected chi connectivity index (χ3v) is 4.06. The first-order valence-corrected chi connectivity index (χ1v) is 8.36. The fraction of sp³-hybridized carbons (Fsp3) is 0.611. The molecule has 1 amide bonds. The quantitative estimate of drug-likeness (QED) is 0.898. The van der Waals surface area contributed by atoms with Crippen molar-refractivity contribution in [2.75, 3.05) is 19.6 Å². The Morgan fingerprint density at radius 1 is 1.22 bits per heavy atom. The number of cyclic esters (lactones) is 1. The largest absolute Gasteiger partial charge is 0.446 e. The van der Waals surface area contributed by atoms with E-state index in [-0.39, 0.29) is 18.2 Å². The zero-order valence-electron chi connectivity index (χ0n) is 14.1. The Morgan fingerprint density at radius 2 is 1.83 bits per heavy atom. The summed E-state index contributed by atoms with van der Waals surface area (Å²) in [7, 11) is 0. The highest BCUT2D eigenvalue weighted by atomic mass is 16.6. The van der Waals surface area contributed by atoms with Crippen LogP contribution in [0.25, 0.3) is 0 Å². The van der Waals surface area contributed by atoms with Gasteiger partial charge in [-0.2, -0.15) is 0 Å². The molecule has 2 aliphatic rings. The van der Waals surface area contributed by atoms with Crippen molar-refractivity contribution in [1.29, 1.82) is 0 Å². The van der Waals surface area contributed by atoms with Gasteiger partial charge in [-0.3, -0.25) is 0 Å². The van der Waals surface area contributed by atoms with E-state index in [2.05, 4.69) is 5.32 Å². The van der Waals surface area contributed by atoms with Gasteiger partial charge in [-0.25, -0.2) is 4.79 Å². The summed E-state index contributed by atoms with van der Waals surface area (Å²) in [4.78, 5) is 13.7. The minimum Gasteiger partial charge on any atom is -0.446 e. The third-order valence-electron chi connectivity index (χ3n) is 4.06. The van der Waals surface area contributed by atoms with E-state index in [4.69, 9.17) is 4.74 Å². The molecule has 0 bridgehead atoms. The number of carbonyl (C=O) groups excluding carboxylic acids is 1. The molecular weight excluding hydrogens is 292 g/mol. The number of benzene rings is 1. The van der Waals surface area contributed by atoms with Crippen molar-refractivity contribution in [2.24, 2.45) is 0 Å². The molecule has 2 heterocycles. The average molecular weight is 320 g/mol. The molecule has 23 heavy (non-hydrogen) atoms. The van der Waals surface area contributed by atoms with Crippen LogP contribution in [0.4, 0.5) is 4.79 Å². The second-order valence-corrected chi connectivity index (χ2v) is 6.81. The lowest BCUT2D eigenvalue weighted by atomic mass is 9.98. The second kappa shape index (κ2) is 8.31. The molecule has 3 rings (SSSR count). The van der Waals surface area contributed by atoms with Crippen molar-refractivity contribution >= 4 is 6.09 Å². The average Bonchev–Trinajstić information content (AvgIpc) is 3.02. The van der Waals surface area contributed by atoms with E-state index in [1.807, 2.05) is 41.3 Å². The molecular formula is C18H28N2O3. The maximum Gasteiger partial charge on any atom is 0.410 e. The smallest absolute Gasteiger partial charge is 0.410 e. The maximum absolute atomic E-state index is 11.9. The zero-order valence-corrected chi connectivity index (χ0v) is 14.1. The van der Waals surface area contributed by atoms with Gasteiger partial charge >= 0.3 is 6.09 Å². The number of nitrogens with one attached hydrogen (secondary N) is 1. The number of rotatable bonds is 3. The normalized spacial score (nSPS) is 24.7. The molecule has 5 nitrogen and oxygen atoms in total. The van der Waals surface area contributed by atoms with Crippen molar-refractivity contribution in [3.8, 4) is 0 Å². The van der Waals surface area contributed by atoms with Crippen LogP contribution in [0, 0.1) is 0 Å². The number of nitrogens with zero attached hydrogens (tertiary/aromatic N) is 1. The highest BCUT2D eigenvalue weighted by molar-refractivity contribution is 5.69. The third kappa shape index (κ3) is 6.20. The number of carbonyl (C=O) groups is 1. The lowest BCUT2D eigenvalue weighted by Crippen LogP contribution is -2.49. The Labute approximate surface area is 138 Å². The van der Waals surface area contributed by atoms with Crippen LogP contribution >= 0.6 is 0 Å². The molecule has 2 fully saturated rings. The summed E-state index contributed by atoms with van der Waals surface area (Å²) in [5, 5.41) is 13.0. The Hall–Kier alpha value is -1.59. The summed E-state index contributed by atoms with van der Waals surface area (Å²) in [5.41, 5.74) is -0.776. The number of ether oxygens (including phenoxy) is 1. The maximum atomic E-state index is 11.9. The Morgan fingerprint density at radius 3 is 2.26 bits per heavy atom. The van der Waals surface area contributed by atoms with Crippen molar-refractivity contribution in [2.45, 2.75) is 50.9 Å². The Balaban J connectivity index is 0.000000268. The summed E-state index contributed by atoms with van der Waals surface area (Å²) in [5.74, 6) is 0. The summed E-state index contributed by atoms with van der Waals surface area (Å²) in [6.07, 6.45) is 1.96. The lowest BCUT2D eigenvalue weighted by molar-refractivity contribution is -0.0305. The fourth-order valence-electron chi connectivity index (χ4n) is 2.97. The Kier molecular flexibility index (Phi) is 6.42. The first-order valence-electron chi connectivity index (χ1n) is 8.36. The molecule has 0 radical (unpaired) electrons. The van der Waals surface area contributed by atoms with E-state index in [9.17, 15) is 9.90 Å². The molecule has 2 N–H and O–H groups in total. The molecule has 1 aromatic rings. The van der Waals surface area contributed by atoms with Gasteiger partial charge in [0.1, 0.15) is 6.10 Å². The molecule has 0 aliphatic carbocycles. The monoisotopic (exact) mass is 320 g/mol. The summed E-state index contributed by atoms with van der Waals surface area (Å²) in [6.45, 7) is 6.07. The van der Waals surface area contributed by atoms with Gasteiger partial charge in [0.25, 0.3) is 0 Å². The molecule has 128 valence electrons. The van der Waals surface area contributed by atoms with Crippen LogP contribution in [0.15, 0.2) is 36.4 Å². The van der Waals surface area contributed by atoms with Crippen molar-refractivity contribution in [3.63, 3.8) is 0 Å². The number of hydrogen-bond acceptors (Lipinski definition) is 4. The topological polar surface area (TPSA) is 61.8 Å². The van der Waals surface area contributed by atoms with Crippen molar-refractivity contribution in [1.82, 2.24) is 10.2 Å². The van der Waals surface area contributed by atoms with Crippen LogP contribution in [0.2, 0.25) is 0 Å². The van der Waals surface area contributed by atoms with Gasteiger partial charge in [0.2, 0.25) is 0 Å². The molecule has 0 aromatic heterocycles. The van der Waals surface area contributed by atoms with E-state index >= 15 is 0 Å². The van der Waals surface area contributed by atoms with Crippen LogP contribution in [0.3, 0.4) is 0 Å². The predicted octanol–water partition coefficient (Wildman–Crippen LogP) is 2.41. The molecule has 2 unspecified atom stereocenters. The van der Waals surface area contributed by atoms with E-state index in [1.165, 1.54) is 0 Å². The van der Waals surface area contributed by atoms with Crippen molar-refractivity contribution < 1.29 is 14.6 Å². The van der Waals surface area contributed by atoms with Gasteiger partial charge in [-0.1, -0.05) is 36.4 Å². The van der Waals surface area contributed by atoms with Gasteiger partial charge < -0.3 is 20.1 Å². The molecule has 0 spiro atoms. The molecule has 5 heteroatoms. The van der Waals surface area contributed by atoms with E-state index < -0.39 is 5.60 Å². The van der Waals surface area contributed by atoms with Crippen LogP contribution in [-0.4, -0.2) is 53.5 Å². The molecule has 2 aliphatic heterocycles. The minimum atomic E-state index is -0.776. The number of aliphatic hydroxyl groups is 1. The number of hydrogen-bond donors (Lipinski definition) is 2. The highest BCUT2D eigenvalue weighted by Gasteiger charge is 2.35. The van der Waals surface area contributed by atoms with Gasteiger partial charge in [0.15, 0.2) is 0 Å². The van der Waals surface area contributed by atoms with E-state index in [0.717, 1.165) is 32.5 Å². The van der Waals surface area contributed by atoms with E-state index in [1.54, 1.807) is 13.8 Å². The fourth-order valence-corrected chi connectivity index (χ4v) is 2.97. The van der Waals surface area contributed by atoms with Gasteiger partial charge in [0, 0.05) is 32.0 Å². The summed E-state index contributed by atoms with van der Waals surface area (Å²) < 4.78 is 5.39. The number of amides is 1. The van der Waals surface area contributed by atoms with Gasteiger partial charge in [-0.05, 0) is 26.8 Å². The lowest BCUT2D eigenvalue weighted by Gasteiger charge is -2.36. The zero-order chi connectivity index (χ0) is 16.7. The van der Waals surface area contributed by atoms with Crippen LogP contribution in [-0.2, 0) is 4.74 Å². The van der Waals surface area contributed by atoms with Crippen LogP contribution in [0.5, 0.6) is 0 Å². The second-order valence-electron chi connectivity index (χ2n) is 6.81. The molecule has 2 atom stereocenters. The van der Waals surface area contributed by atoms with Crippen LogP contribution < -0.4 is 5.32 Å². The molecule has 2 saturated heterocycles. The van der Waals surface area contributed by atoms with E-state index in [0.29, 0.717) is 6.42 Å². The predicted molar refractivity (Wildman–Crippen MR) is 90.2 cm³/mol.